The summed E-state index contributed by atoms with van der Waals surface area (Å²) in [7, 11) is 0. The molecule has 33 heavy (non-hydrogen) atoms. The fourth-order valence-corrected chi connectivity index (χ4v) is 4.70. The topological polar surface area (TPSA) is 104 Å². The van der Waals surface area contributed by atoms with E-state index in [1.165, 1.54) is 9.47 Å². The second-order valence-electron chi connectivity index (χ2n) is 8.12. The Morgan fingerprint density at radius 2 is 1.88 bits per heavy atom. The van der Waals surface area contributed by atoms with Crippen LogP contribution in [0.3, 0.4) is 0 Å². The van der Waals surface area contributed by atoms with E-state index in [4.69, 9.17) is 4.74 Å². The summed E-state index contributed by atoms with van der Waals surface area (Å²) >= 11 is 0. The molecule has 5 rings (SSSR count). The summed E-state index contributed by atoms with van der Waals surface area (Å²) in [4.78, 5) is 39.6. The second-order valence-corrected chi connectivity index (χ2v) is 8.12. The predicted octanol–water partition coefficient (Wildman–Crippen LogP) is -1.99. The van der Waals surface area contributed by atoms with Gasteiger partial charge in [-0.2, -0.15) is 0 Å². The molecule has 1 N–H and O–H groups in total. The van der Waals surface area contributed by atoms with Crippen molar-refractivity contribution in [2.24, 2.45) is 0 Å². The van der Waals surface area contributed by atoms with Gasteiger partial charge in [-0.05, 0) is 25.0 Å². The Kier molecular flexibility index (Phi) is 6.07. The number of nitrogens with one attached hydrogen (secondary N) is 1. The fraction of sp³-hybridized carbons (Fsp3) is 0.381. The number of carbonyl (C=O) groups excluding carboxylic acids is 2. The van der Waals surface area contributed by atoms with E-state index in [0.29, 0.717) is 18.6 Å². The number of ether oxygens (including phenoxy) is 1. The fourth-order valence-electron chi connectivity index (χ4n) is 4.70. The maximum Gasteiger partial charge on any atom is 1.00 e. The molecule has 2 bridgehead atoms. The number of hydrogen-bond donors (Lipinski definition) is 1. The molecule has 3 heterocycles. The molecule has 2 amide bonds. The molecule has 12 heteroatoms. The van der Waals surface area contributed by atoms with E-state index in [-0.39, 0.29) is 43.2 Å². The van der Waals surface area contributed by atoms with Gasteiger partial charge in [0.25, 0.3) is 11.8 Å². The Hall–Kier alpha value is -2.74. The van der Waals surface area contributed by atoms with Crippen LogP contribution < -0.4 is 34.7 Å². The van der Waals surface area contributed by atoms with Crippen molar-refractivity contribution in [2.75, 3.05) is 0 Å². The van der Waals surface area contributed by atoms with Gasteiger partial charge in [-0.15, -0.1) is 0 Å². The maximum atomic E-state index is 13.8. The molecule has 3 atom stereocenters. The van der Waals surface area contributed by atoms with Crippen molar-refractivity contribution in [3.8, 4) is 5.75 Å². The van der Waals surface area contributed by atoms with E-state index >= 15 is 0 Å². The van der Waals surface area contributed by atoms with Crippen molar-refractivity contribution in [1.82, 2.24) is 14.8 Å². The molecule has 2 aromatic rings. The van der Waals surface area contributed by atoms with Crippen LogP contribution in [-0.2, 0) is 17.8 Å². The zero-order valence-corrected chi connectivity index (χ0v) is 17.6. The van der Waals surface area contributed by atoms with Gasteiger partial charge in [0.15, 0.2) is 11.7 Å². The van der Waals surface area contributed by atoms with Gasteiger partial charge in [-0.3, -0.25) is 14.4 Å². The van der Waals surface area contributed by atoms with Crippen molar-refractivity contribution < 1.29 is 51.5 Å². The van der Waals surface area contributed by atoms with Crippen LogP contribution in [0.15, 0.2) is 23.1 Å². The van der Waals surface area contributed by atoms with E-state index in [1.54, 1.807) is 0 Å². The van der Waals surface area contributed by atoms with Crippen molar-refractivity contribution in [3.05, 3.63) is 62.8 Å². The molecule has 8 nitrogen and oxygen atoms in total. The molecule has 1 aromatic heterocycles. The summed E-state index contributed by atoms with van der Waals surface area (Å²) in [6.07, 6.45) is 2.72. The number of halogens is 3. The van der Waals surface area contributed by atoms with E-state index in [9.17, 15) is 32.7 Å². The second kappa shape index (κ2) is 8.55. The normalized spacial score (nSPS) is 22.9. The predicted molar refractivity (Wildman–Crippen MR) is 100 cm³/mol. The standard InChI is InChI=1S/C21H18F3N3O5.Li/c22-9-3-14(23)12(15(24)4-9)6-25-20(30)13-7-26-8-16-27(10-1-2-11(5-10)32-16)21(31)17(26)19(29)18(13)28;/h3-4,7,10-11,16,29H,1-2,5-6,8H2,(H,25,30);/q;+1/p-1/t10-,11+,16+;/m0./s1. The van der Waals surface area contributed by atoms with Crippen molar-refractivity contribution in [2.45, 2.75) is 50.7 Å². The molecule has 0 radical (unpaired) electrons. The number of fused-ring (bicyclic) bond motifs is 5. The first-order valence-electron chi connectivity index (χ1n) is 10.1. The third kappa shape index (κ3) is 3.84. The van der Waals surface area contributed by atoms with Gasteiger partial charge < -0.3 is 24.6 Å². The number of rotatable bonds is 3. The monoisotopic (exact) mass is 455 g/mol. The van der Waals surface area contributed by atoms with Crippen molar-refractivity contribution in [3.63, 3.8) is 0 Å². The van der Waals surface area contributed by atoms with E-state index < -0.39 is 64.3 Å². The van der Waals surface area contributed by atoms with E-state index in [2.05, 4.69) is 5.32 Å². The van der Waals surface area contributed by atoms with Gasteiger partial charge in [-0.1, -0.05) is 0 Å². The van der Waals surface area contributed by atoms with Crippen LogP contribution in [0.2, 0.25) is 0 Å². The number of aromatic nitrogens is 1. The van der Waals surface area contributed by atoms with Gasteiger partial charge in [0.2, 0.25) is 0 Å². The van der Waals surface area contributed by atoms with E-state index in [0.717, 1.165) is 19.0 Å². The molecule has 0 spiro atoms. The van der Waals surface area contributed by atoms with Gasteiger partial charge in [0.1, 0.15) is 28.7 Å². The Bertz CT molecular complexity index is 1200. The van der Waals surface area contributed by atoms with Gasteiger partial charge in [-0.25, -0.2) is 13.2 Å². The minimum Gasteiger partial charge on any atom is -0.868 e. The largest absolute Gasteiger partial charge is 1.00 e. The van der Waals surface area contributed by atoms with Crippen molar-refractivity contribution in [1.29, 1.82) is 0 Å². The van der Waals surface area contributed by atoms with Crippen LogP contribution in [0.1, 0.15) is 45.7 Å². The number of benzene rings is 1. The first kappa shape index (κ1) is 23.4. The van der Waals surface area contributed by atoms with Crippen LogP contribution in [-0.4, -0.2) is 39.7 Å². The molecule has 1 saturated carbocycles. The third-order valence-corrected chi connectivity index (χ3v) is 6.21. The maximum absolute atomic E-state index is 13.8. The first-order valence-corrected chi connectivity index (χ1v) is 10.1. The summed E-state index contributed by atoms with van der Waals surface area (Å²) < 4.78 is 47.8. The Balaban J connectivity index is 0.00000259. The summed E-state index contributed by atoms with van der Waals surface area (Å²) in [6, 6.07) is 0.865. The molecule has 2 aliphatic heterocycles. The van der Waals surface area contributed by atoms with E-state index in [1.807, 2.05) is 0 Å². The summed E-state index contributed by atoms with van der Waals surface area (Å²) in [5.41, 5.74) is -2.70. The molecule has 1 aliphatic carbocycles. The number of amides is 2. The van der Waals surface area contributed by atoms with Gasteiger partial charge >= 0.3 is 18.9 Å². The van der Waals surface area contributed by atoms with Crippen LogP contribution in [0, 0.1) is 17.5 Å². The number of hydrogen-bond acceptors (Lipinski definition) is 5. The summed E-state index contributed by atoms with van der Waals surface area (Å²) in [6.45, 7) is -0.598. The number of carbonyl (C=O) groups is 2. The Morgan fingerprint density at radius 3 is 2.58 bits per heavy atom. The molecule has 3 aliphatic rings. The van der Waals surface area contributed by atoms with Crippen LogP contribution in [0.5, 0.6) is 5.75 Å². The first-order chi connectivity index (χ1) is 15.2. The van der Waals surface area contributed by atoms with Crippen LogP contribution >= 0.6 is 0 Å². The summed E-state index contributed by atoms with van der Waals surface area (Å²) in [5, 5.41) is 14.8. The van der Waals surface area contributed by atoms with Crippen LogP contribution in [0.25, 0.3) is 0 Å². The Labute approximate surface area is 197 Å². The number of pyridine rings is 1. The SMILES string of the molecule is O=C(NCc1c(F)cc(F)cc1F)c1cn2c(c([O-])c1=O)C(=O)N1[C@H]3CC[C@H](C3)O[C@@H]1C2.[Li+]. The number of nitrogens with zero attached hydrogens (tertiary/aromatic N) is 2. The van der Waals surface area contributed by atoms with Gasteiger partial charge in [0.05, 0.1) is 12.6 Å². The van der Waals surface area contributed by atoms with Crippen LogP contribution in [0.4, 0.5) is 13.2 Å². The zero-order valence-electron chi connectivity index (χ0n) is 17.6. The third-order valence-electron chi connectivity index (χ3n) is 6.21. The van der Waals surface area contributed by atoms with Crippen molar-refractivity contribution >= 4 is 11.8 Å². The quantitative estimate of drug-likeness (QED) is 0.540. The smallest absolute Gasteiger partial charge is 0.868 e. The molecule has 168 valence electrons. The Morgan fingerprint density at radius 1 is 1.18 bits per heavy atom. The molecular weight excluding hydrogens is 438 g/mol. The molecular formula is C21H17F3LiN3O5. The molecule has 1 saturated heterocycles. The molecule has 0 unspecified atom stereocenters. The minimum absolute atomic E-state index is 0. The molecule has 1 aromatic carbocycles. The average molecular weight is 455 g/mol. The molecule has 2 fully saturated rings. The van der Waals surface area contributed by atoms with Gasteiger partial charge in [0, 0.05) is 36.5 Å². The minimum atomic E-state index is -1.20. The average Bonchev–Trinajstić information content (AvgIpc) is 3.10. The zero-order chi connectivity index (χ0) is 22.7. The summed E-state index contributed by atoms with van der Waals surface area (Å²) in [5.74, 6) is -6.31.